The minimum atomic E-state index is -0.995. The molecule has 34 heavy (non-hydrogen) atoms. The molecule has 7 heteroatoms. The van der Waals surface area contributed by atoms with E-state index < -0.39 is 23.5 Å². The lowest BCUT2D eigenvalue weighted by Crippen LogP contribution is -2.52. The predicted molar refractivity (Wildman–Crippen MR) is 128 cm³/mol. The number of carboxylic acid groups (broad SMARTS) is 1. The zero-order valence-corrected chi connectivity index (χ0v) is 19.7. The molecule has 2 aromatic rings. The smallest absolute Gasteiger partial charge is 0.407 e. The first kappa shape index (κ1) is 23.8. The van der Waals surface area contributed by atoms with Gasteiger partial charge >= 0.3 is 12.1 Å². The molecule has 180 valence electrons. The van der Waals surface area contributed by atoms with Crippen molar-refractivity contribution in [3.63, 3.8) is 0 Å². The molecule has 1 saturated carbocycles. The van der Waals surface area contributed by atoms with Crippen LogP contribution < -0.4 is 10.6 Å². The van der Waals surface area contributed by atoms with Crippen LogP contribution in [0, 0.1) is 11.3 Å². The molecule has 0 aromatic heterocycles. The van der Waals surface area contributed by atoms with Crippen molar-refractivity contribution in [1.82, 2.24) is 10.6 Å². The molecule has 0 radical (unpaired) electrons. The van der Waals surface area contributed by atoms with Crippen molar-refractivity contribution in [2.45, 2.75) is 51.5 Å². The molecule has 0 heterocycles. The summed E-state index contributed by atoms with van der Waals surface area (Å²) < 4.78 is 5.54. The quantitative estimate of drug-likeness (QED) is 0.513. The van der Waals surface area contributed by atoms with E-state index >= 15 is 0 Å². The molecule has 7 nitrogen and oxygen atoms in total. The fourth-order valence-corrected chi connectivity index (χ4v) is 4.73. The lowest BCUT2D eigenvalue weighted by molar-refractivity contribution is -0.146. The van der Waals surface area contributed by atoms with Gasteiger partial charge in [-0.1, -0.05) is 68.8 Å². The lowest BCUT2D eigenvalue weighted by atomic mass is 9.79. The number of carbonyl (C=O) groups is 3. The third-order valence-electron chi connectivity index (χ3n) is 7.15. The second kappa shape index (κ2) is 9.87. The number of fused-ring (bicyclic) bond motifs is 3. The molecule has 0 saturated heterocycles. The maximum absolute atomic E-state index is 12.7. The number of carbonyl (C=O) groups excluding carboxylic acids is 2. The van der Waals surface area contributed by atoms with Gasteiger partial charge in [-0.3, -0.25) is 4.79 Å². The number of amides is 2. The van der Waals surface area contributed by atoms with Crippen molar-refractivity contribution >= 4 is 18.0 Å². The van der Waals surface area contributed by atoms with E-state index in [2.05, 4.69) is 34.9 Å². The SMILES string of the molecule is CC(C)(CCNC(=O)OCC1c2ccccc2-c2ccccc21)C(=O)NC(C(=O)O)C1CCC1. The number of aliphatic carboxylic acids is 1. The Morgan fingerprint density at radius 1 is 1.03 bits per heavy atom. The van der Waals surface area contributed by atoms with Crippen molar-refractivity contribution in [2.24, 2.45) is 11.3 Å². The third-order valence-corrected chi connectivity index (χ3v) is 7.15. The summed E-state index contributed by atoms with van der Waals surface area (Å²) in [6, 6.07) is 15.4. The summed E-state index contributed by atoms with van der Waals surface area (Å²) in [4.78, 5) is 36.6. The highest BCUT2D eigenvalue weighted by Gasteiger charge is 2.37. The molecule has 4 rings (SSSR count). The average molecular weight is 465 g/mol. The largest absolute Gasteiger partial charge is 0.480 e. The first-order chi connectivity index (χ1) is 16.3. The van der Waals surface area contributed by atoms with Crippen LogP contribution in [0.1, 0.15) is 56.6 Å². The van der Waals surface area contributed by atoms with Crippen LogP contribution in [-0.2, 0) is 14.3 Å². The van der Waals surface area contributed by atoms with Crippen molar-refractivity contribution in [3.8, 4) is 11.1 Å². The van der Waals surface area contributed by atoms with Gasteiger partial charge in [-0.2, -0.15) is 0 Å². The Morgan fingerprint density at radius 2 is 1.62 bits per heavy atom. The van der Waals surface area contributed by atoms with Crippen LogP contribution in [0.15, 0.2) is 48.5 Å². The molecular weight excluding hydrogens is 432 g/mol. The van der Waals surface area contributed by atoms with Gasteiger partial charge < -0.3 is 20.5 Å². The fraction of sp³-hybridized carbons (Fsp3) is 0.444. The van der Waals surface area contributed by atoms with Crippen molar-refractivity contribution in [2.75, 3.05) is 13.2 Å². The Balaban J connectivity index is 1.27. The number of carboxylic acids is 1. The predicted octanol–water partition coefficient (Wildman–Crippen LogP) is 4.31. The molecular formula is C27H32N2O5. The van der Waals surface area contributed by atoms with Gasteiger partial charge in [0.25, 0.3) is 0 Å². The number of hydrogen-bond acceptors (Lipinski definition) is 4. The van der Waals surface area contributed by atoms with Gasteiger partial charge in [0.15, 0.2) is 0 Å². The fourth-order valence-electron chi connectivity index (χ4n) is 4.73. The Kier molecular flexibility index (Phi) is 6.91. The van der Waals surface area contributed by atoms with Crippen LogP contribution in [0.25, 0.3) is 11.1 Å². The third kappa shape index (κ3) is 4.93. The first-order valence-electron chi connectivity index (χ1n) is 11.9. The topological polar surface area (TPSA) is 105 Å². The maximum atomic E-state index is 12.7. The molecule has 2 aliphatic rings. The van der Waals surface area contributed by atoms with E-state index in [0.29, 0.717) is 6.42 Å². The second-order valence-electron chi connectivity index (χ2n) is 9.87. The molecule has 0 spiro atoms. The summed E-state index contributed by atoms with van der Waals surface area (Å²) in [5, 5.41) is 14.9. The number of rotatable bonds is 9. The molecule has 2 aliphatic carbocycles. The summed E-state index contributed by atoms with van der Waals surface area (Å²) in [5.74, 6) is -1.33. The van der Waals surface area contributed by atoms with E-state index in [0.717, 1.165) is 30.4 Å². The van der Waals surface area contributed by atoms with Gasteiger partial charge in [0.05, 0.1) is 0 Å². The molecule has 0 bridgehead atoms. The number of hydrogen-bond donors (Lipinski definition) is 3. The van der Waals surface area contributed by atoms with E-state index in [1.165, 1.54) is 11.1 Å². The van der Waals surface area contributed by atoms with Gasteiger partial charge in [0, 0.05) is 17.9 Å². The van der Waals surface area contributed by atoms with Gasteiger partial charge in [-0.15, -0.1) is 0 Å². The highest BCUT2D eigenvalue weighted by Crippen LogP contribution is 2.44. The van der Waals surface area contributed by atoms with Crippen molar-refractivity contribution in [3.05, 3.63) is 59.7 Å². The van der Waals surface area contributed by atoms with E-state index in [-0.39, 0.29) is 30.9 Å². The molecule has 3 N–H and O–H groups in total. The van der Waals surface area contributed by atoms with Crippen LogP contribution in [0.5, 0.6) is 0 Å². The zero-order chi connectivity index (χ0) is 24.3. The van der Waals surface area contributed by atoms with Gasteiger partial charge in [0.2, 0.25) is 5.91 Å². The lowest BCUT2D eigenvalue weighted by Gasteiger charge is -2.34. The summed E-state index contributed by atoms with van der Waals surface area (Å²) in [7, 11) is 0. The van der Waals surface area contributed by atoms with Gasteiger partial charge in [0.1, 0.15) is 12.6 Å². The van der Waals surface area contributed by atoms with Crippen LogP contribution in [0.3, 0.4) is 0 Å². The first-order valence-corrected chi connectivity index (χ1v) is 11.9. The highest BCUT2D eigenvalue weighted by molar-refractivity contribution is 5.87. The minimum Gasteiger partial charge on any atom is -0.480 e. The molecule has 2 amide bonds. The van der Waals surface area contributed by atoms with E-state index in [1.807, 2.05) is 24.3 Å². The summed E-state index contributed by atoms with van der Waals surface area (Å²) >= 11 is 0. The zero-order valence-electron chi connectivity index (χ0n) is 19.7. The van der Waals surface area contributed by atoms with Gasteiger partial charge in [-0.25, -0.2) is 9.59 Å². The summed E-state index contributed by atoms with van der Waals surface area (Å²) in [6.45, 7) is 3.98. The van der Waals surface area contributed by atoms with Crippen LogP contribution in [-0.4, -0.2) is 42.3 Å². The monoisotopic (exact) mass is 464 g/mol. The summed E-state index contributed by atoms with van der Waals surface area (Å²) in [6.07, 6.45) is 2.47. The average Bonchev–Trinajstić information content (AvgIpc) is 3.09. The minimum absolute atomic E-state index is 0.00352. The van der Waals surface area contributed by atoms with E-state index in [1.54, 1.807) is 13.8 Å². The van der Waals surface area contributed by atoms with Crippen molar-refractivity contribution < 1.29 is 24.2 Å². The Morgan fingerprint density at radius 3 is 2.15 bits per heavy atom. The van der Waals surface area contributed by atoms with Crippen LogP contribution in [0.2, 0.25) is 0 Å². The molecule has 2 aromatic carbocycles. The van der Waals surface area contributed by atoms with Crippen LogP contribution in [0.4, 0.5) is 4.79 Å². The Bertz CT molecular complexity index is 1030. The van der Waals surface area contributed by atoms with E-state index in [9.17, 15) is 19.5 Å². The van der Waals surface area contributed by atoms with Crippen molar-refractivity contribution in [1.29, 1.82) is 0 Å². The number of alkyl carbamates (subject to hydrolysis) is 1. The highest BCUT2D eigenvalue weighted by atomic mass is 16.5. The van der Waals surface area contributed by atoms with E-state index in [4.69, 9.17) is 4.74 Å². The molecule has 1 atom stereocenters. The molecule has 1 unspecified atom stereocenters. The molecule has 0 aliphatic heterocycles. The summed E-state index contributed by atoms with van der Waals surface area (Å²) in [5.41, 5.74) is 3.80. The Hall–Kier alpha value is -3.35. The standard InChI is InChI=1S/C27H32N2O5/c1-27(2,25(32)29-23(24(30)31)17-8-7-9-17)14-15-28-26(33)34-16-22-20-12-5-3-10-18(20)19-11-4-6-13-21(19)22/h3-6,10-13,17,22-23H,7-9,14-16H2,1-2H3,(H,28,33)(H,29,32)(H,30,31). The molecule has 1 fully saturated rings. The maximum Gasteiger partial charge on any atom is 0.407 e. The Labute approximate surface area is 199 Å². The van der Waals surface area contributed by atoms with Gasteiger partial charge in [-0.05, 0) is 47.4 Å². The number of benzene rings is 2. The number of nitrogens with one attached hydrogen (secondary N) is 2. The van der Waals surface area contributed by atoms with Crippen LogP contribution >= 0.6 is 0 Å². The number of ether oxygens (including phenoxy) is 1. The second-order valence-corrected chi connectivity index (χ2v) is 9.87. The normalized spacial score (nSPS) is 16.1.